The van der Waals surface area contributed by atoms with Crippen LogP contribution in [0.2, 0.25) is 0 Å². The summed E-state index contributed by atoms with van der Waals surface area (Å²) in [4.78, 5) is 10.4. The van der Waals surface area contributed by atoms with Crippen molar-refractivity contribution in [2.75, 3.05) is 0 Å². The van der Waals surface area contributed by atoms with E-state index in [1.54, 1.807) is 0 Å². The summed E-state index contributed by atoms with van der Waals surface area (Å²) in [6, 6.07) is 70.2. The summed E-state index contributed by atoms with van der Waals surface area (Å²) >= 11 is 0. The van der Waals surface area contributed by atoms with Crippen LogP contribution in [-0.2, 0) is 5.41 Å². The Morgan fingerprint density at radius 2 is 0.754 bits per heavy atom. The van der Waals surface area contributed by atoms with Gasteiger partial charge in [-0.2, -0.15) is 0 Å². The van der Waals surface area contributed by atoms with Gasteiger partial charge in [0.2, 0.25) is 0 Å². The van der Waals surface area contributed by atoms with E-state index in [1.807, 2.05) is 12.1 Å². The summed E-state index contributed by atoms with van der Waals surface area (Å²) < 4.78 is 0. The molecule has 10 aromatic rings. The number of aromatic nitrogens is 2. The van der Waals surface area contributed by atoms with E-state index >= 15 is 0 Å². The Hall–Kier alpha value is -7.16. The van der Waals surface area contributed by atoms with Gasteiger partial charge in [-0.15, -0.1) is 0 Å². The molecule has 1 heterocycles. The molecule has 0 spiro atoms. The van der Waals surface area contributed by atoms with E-state index in [0.717, 1.165) is 33.5 Å². The molecular weight excluding hydrogens is 689 g/mol. The maximum absolute atomic E-state index is 5.20. The molecule has 2 heteroatoms. The topological polar surface area (TPSA) is 25.8 Å². The average molecular weight is 727 g/mol. The standard InChI is InChI=1S/C55H38N2/c1-55(2)50-33-39(25-26-47(50)49-31-37-19-9-10-20-38(37)32-51(49)55)40-27-28-45(42-22-12-11-21-41(40)42)46-29-30-48(44-24-14-13-23-43(44)46)54-56-52(35-15-5-3-6-16-35)34-53(57-54)36-17-7-4-8-18-36/h3-34H,1-2H3. The lowest BCUT2D eigenvalue weighted by molar-refractivity contribution is 0.661. The third-order valence-electron chi connectivity index (χ3n) is 12.1. The lowest BCUT2D eigenvalue weighted by Crippen LogP contribution is -2.15. The first-order valence-electron chi connectivity index (χ1n) is 19.7. The van der Waals surface area contributed by atoms with Gasteiger partial charge in [0.15, 0.2) is 5.82 Å². The Kier molecular flexibility index (Phi) is 7.55. The van der Waals surface area contributed by atoms with Crippen LogP contribution in [0, 0.1) is 0 Å². The summed E-state index contributed by atoms with van der Waals surface area (Å²) in [5.41, 5.74) is 15.2. The molecule has 11 rings (SSSR count). The van der Waals surface area contributed by atoms with Crippen LogP contribution in [0.25, 0.3) is 99.6 Å². The molecule has 0 saturated carbocycles. The van der Waals surface area contributed by atoms with Crippen molar-refractivity contribution in [1.82, 2.24) is 9.97 Å². The molecule has 0 fully saturated rings. The molecular formula is C55H38N2. The fourth-order valence-corrected chi connectivity index (χ4v) is 9.18. The van der Waals surface area contributed by atoms with Gasteiger partial charge >= 0.3 is 0 Å². The summed E-state index contributed by atoms with van der Waals surface area (Å²) in [7, 11) is 0. The Morgan fingerprint density at radius 1 is 0.316 bits per heavy atom. The highest BCUT2D eigenvalue weighted by Gasteiger charge is 2.36. The second-order valence-electron chi connectivity index (χ2n) is 15.7. The highest BCUT2D eigenvalue weighted by molar-refractivity contribution is 6.12. The molecule has 0 atom stereocenters. The number of hydrogen-bond donors (Lipinski definition) is 0. The average Bonchev–Trinajstić information content (AvgIpc) is 3.49. The van der Waals surface area contributed by atoms with Gasteiger partial charge in [0, 0.05) is 22.1 Å². The molecule has 268 valence electrons. The van der Waals surface area contributed by atoms with Crippen molar-refractivity contribution < 1.29 is 0 Å². The molecule has 0 radical (unpaired) electrons. The molecule has 1 aliphatic carbocycles. The predicted molar refractivity (Wildman–Crippen MR) is 239 cm³/mol. The summed E-state index contributed by atoms with van der Waals surface area (Å²) in [5, 5.41) is 7.36. The van der Waals surface area contributed by atoms with Crippen molar-refractivity contribution in [3.63, 3.8) is 0 Å². The van der Waals surface area contributed by atoms with Crippen molar-refractivity contribution in [2.45, 2.75) is 19.3 Å². The highest BCUT2D eigenvalue weighted by Crippen LogP contribution is 2.51. The molecule has 1 aromatic heterocycles. The number of hydrogen-bond acceptors (Lipinski definition) is 2. The smallest absolute Gasteiger partial charge is 0.161 e. The van der Waals surface area contributed by atoms with Crippen LogP contribution in [0.3, 0.4) is 0 Å². The minimum absolute atomic E-state index is 0.104. The first-order valence-corrected chi connectivity index (χ1v) is 19.7. The zero-order valence-corrected chi connectivity index (χ0v) is 31.9. The number of fused-ring (bicyclic) bond motifs is 6. The second kappa shape index (κ2) is 13.0. The molecule has 0 bridgehead atoms. The Balaban J connectivity index is 1.04. The van der Waals surface area contributed by atoms with E-state index in [2.05, 4.69) is 196 Å². The monoisotopic (exact) mass is 726 g/mol. The molecule has 57 heavy (non-hydrogen) atoms. The lowest BCUT2D eigenvalue weighted by Gasteiger charge is -2.22. The molecule has 9 aromatic carbocycles. The largest absolute Gasteiger partial charge is 0.228 e. The molecule has 1 aliphatic rings. The van der Waals surface area contributed by atoms with E-state index in [9.17, 15) is 0 Å². The highest BCUT2D eigenvalue weighted by atomic mass is 14.9. The van der Waals surface area contributed by atoms with E-state index in [0.29, 0.717) is 5.82 Å². The second-order valence-corrected chi connectivity index (χ2v) is 15.7. The van der Waals surface area contributed by atoms with Crippen molar-refractivity contribution in [3.05, 3.63) is 205 Å². The maximum atomic E-state index is 5.20. The van der Waals surface area contributed by atoms with Gasteiger partial charge in [0.1, 0.15) is 0 Å². The molecule has 2 nitrogen and oxygen atoms in total. The quantitative estimate of drug-likeness (QED) is 0.176. The van der Waals surface area contributed by atoms with Crippen molar-refractivity contribution in [3.8, 4) is 67.3 Å². The van der Waals surface area contributed by atoms with Gasteiger partial charge in [-0.1, -0.05) is 178 Å². The molecule has 0 aliphatic heterocycles. The lowest BCUT2D eigenvalue weighted by atomic mass is 9.80. The minimum Gasteiger partial charge on any atom is -0.228 e. The fraction of sp³-hybridized carbons (Fsp3) is 0.0545. The number of nitrogens with zero attached hydrogens (tertiary/aromatic N) is 2. The van der Waals surface area contributed by atoms with Crippen molar-refractivity contribution in [1.29, 1.82) is 0 Å². The van der Waals surface area contributed by atoms with Crippen LogP contribution in [0.5, 0.6) is 0 Å². The van der Waals surface area contributed by atoms with Gasteiger partial charge in [-0.25, -0.2) is 9.97 Å². The van der Waals surface area contributed by atoms with Gasteiger partial charge in [0.05, 0.1) is 11.4 Å². The minimum atomic E-state index is -0.104. The van der Waals surface area contributed by atoms with E-state index in [1.165, 1.54) is 71.4 Å². The zero-order chi connectivity index (χ0) is 38.1. The summed E-state index contributed by atoms with van der Waals surface area (Å²) in [6.07, 6.45) is 0. The van der Waals surface area contributed by atoms with Crippen molar-refractivity contribution in [2.24, 2.45) is 0 Å². The zero-order valence-electron chi connectivity index (χ0n) is 31.9. The van der Waals surface area contributed by atoms with Crippen LogP contribution in [0.4, 0.5) is 0 Å². The SMILES string of the molecule is CC1(C)c2cc(-c3ccc(-c4ccc(-c5nc(-c6ccccc6)cc(-c6ccccc6)n5)c5ccccc45)c4ccccc34)ccc2-c2cc3ccccc3cc21. The summed E-state index contributed by atoms with van der Waals surface area (Å²) in [5.74, 6) is 0.716. The predicted octanol–water partition coefficient (Wildman–Crippen LogP) is 14.6. The van der Waals surface area contributed by atoms with Crippen LogP contribution >= 0.6 is 0 Å². The van der Waals surface area contributed by atoms with Gasteiger partial charge in [0.25, 0.3) is 0 Å². The van der Waals surface area contributed by atoms with Crippen LogP contribution in [0.15, 0.2) is 194 Å². The summed E-state index contributed by atoms with van der Waals surface area (Å²) in [6.45, 7) is 4.75. The van der Waals surface area contributed by atoms with Crippen LogP contribution in [0.1, 0.15) is 25.0 Å². The number of rotatable bonds is 5. The third-order valence-corrected chi connectivity index (χ3v) is 12.1. The maximum Gasteiger partial charge on any atom is 0.161 e. The van der Waals surface area contributed by atoms with E-state index < -0.39 is 0 Å². The van der Waals surface area contributed by atoms with Gasteiger partial charge in [-0.3, -0.25) is 0 Å². The third kappa shape index (κ3) is 5.40. The Morgan fingerprint density at radius 3 is 1.35 bits per heavy atom. The van der Waals surface area contributed by atoms with Crippen molar-refractivity contribution >= 4 is 32.3 Å². The van der Waals surface area contributed by atoms with Gasteiger partial charge < -0.3 is 0 Å². The molecule has 0 amide bonds. The van der Waals surface area contributed by atoms with Gasteiger partial charge in [-0.05, 0) is 107 Å². The van der Waals surface area contributed by atoms with Crippen LogP contribution in [-0.4, -0.2) is 9.97 Å². The fourth-order valence-electron chi connectivity index (χ4n) is 9.18. The van der Waals surface area contributed by atoms with E-state index in [4.69, 9.17) is 9.97 Å². The van der Waals surface area contributed by atoms with E-state index in [-0.39, 0.29) is 5.41 Å². The first kappa shape index (κ1) is 33.2. The molecule has 0 N–H and O–H groups in total. The number of benzene rings is 9. The molecule has 0 saturated heterocycles. The van der Waals surface area contributed by atoms with Crippen LogP contribution < -0.4 is 0 Å². The Bertz CT molecular complexity index is 3140. The molecule has 0 unspecified atom stereocenters. The first-order chi connectivity index (χ1) is 28.0. The normalized spacial score (nSPS) is 12.9. The Labute approximate surface area is 332 Å².